The largest absolute Gasteiger partial charge is 0.342 e. The van der Waals surface area contributed by atoms with Gasteiger partial charge in [-0.05, 0) is 25.7 Å². The van der Waals surface area contributed by atoms with E-state index in [-0.39, 0.29) is 11.9 Å². The number of likely N-dealkylation sites (tertiary alicyclic amines) is 1. The first-order valence-electron chi connectivity index (χ1n) is 6.66. The van der Waals surface area contributed by atoms with E-state index in [1.165, 1.54) is 0 Å². The van der Waals surface area contributed by atoms with Crippen molar-refractivity contribution < 1.29 is 4.79 Å². The standard InChI is InChI=1S/C13H22N4O/c1-11(14)12-3-2-6-17(9-12)13(18)4-7-16-8-5-15-10-16/h5,8,10-12H,2-4,6-7,9,14H2,1H3. The Bertz CT molecular complexity index is 374. The SMILES string of the molecule is CC(N)C1CCCN(C(=O)CCn2ccnc2)C1. The number of carbonyl (C=O) groups is 1. The summed E-state index contributed by atoms with van der Waals surface area (Å²) >= 11 is 0. The molecular formula is C13H22N4O. The Morgan fingerprint density at radius 3 is 3.11 bits per heavy atom. The molecule has 2 atom stereocenters. The molecule has 1 aromatic heterocycles. The molecule has 0 saturated carbocycles. The van der Waals surface area contributed by atoms with Gasteiger partial charge in [0.2, 0.25) is 5.91 Å². The van der Waals surface area contributed by atoms with Crippen molar-refractivity contribution in [2.45, 2.75) is 38.8 Å². The zero-order valence-electron chi connectivity index (χ0n) is 11.0. The Labute approximate surface area is 108 Å². The normalized spacial score (nSPS) is 21.9. The van der Waals surface area contributed by atoms with Crippen molar-refractivity contribution in [2.75, 3.05) is 13.1 Å². The van der Waals surface area contributed by atoms with Crippen LogP contribution in [0.3, 0.4) is 0 Å². The van der Waals surface area contributed by atoms with Gasteiger partial charge < -0.3 is 15.2 Å². The molecule has 2 N–H and O–H groups in total. The van der Waals surface area contributed by atoms with Gasteiger partial charge in [0.15, 0.2) is 0 Å². The summed E-state index contributed by atoms with van der Waals surface area (Å²) in [7, 11) is 0. The van der Waals surface area contributed by atoms with Crippen LogP contribution in [-0.2, 0) is 11.3 Å². The van der Waals surface area contributed by atoms with Crippen LogP contribution < -0.4 is 5.73 Å². The maximum absolute atomic E-state index is 12.1. The van der Waals surface area contributed by atoms with Crippen molar-refractivity contribution in [3.8, 4) is 0 Å². The Kier molecular flexibility index (Phi) is 4.36. The van der Waals surface area contributed by atoms with Crippen molar-refractivity contribution in [1.82, 2.24) is 14.5 Å². The first-order valence-corrected chi connectivity index (χ1v) is 6.66. The lowest BCUT2D eigenvalue weighted by Crippen LogP contribution is -2.45. The number of piperidine rings is 1. The molecule has 0 aromatic carbocycles. The molecule has 1 fully saturated rings. The number of aryl methyl sites for hydroxylation is 1. The lowest BCUT2D eigenvalue weighted by atomic mass is 9.92. The number of imidazole rings is 1. The molecule has 0 radical (unpaired) electrons. The van der Waals surface area contributed by atoms with Gasteiger partial charge in [-0.1, -0.05) is 0 Å². The number of amides is 1. The van der Waals surface area contributed by atoms with Crippen molar-refractivity contribution in [3.05, 3.63) is 18.7 Å². The van der Waals surface area contributed by atoms with Gasteiger partial charge in [-0.15, -0.1) is 0 Å². The van der Waals surface area contributed by atoms with E-state index in [0.29, 0.717) is 18.9 Å². The Morgan fingerprint density at radius 1 is 1.61 bits per heavy atom. The number of carbonyl (C=O) groups excluding carboxylic acids is 1. The molecule has 2 rings (SSSR count). The number of hydrogen-bond acceptors (Lipinski definition) is 3. The van der Waals surface area contributed by atoms with Crippen LogP contribution in [0.15, 0.2) is 18.7 Å². The molecule has 1 amide bonds. The molecular weight excluding hydrogens is 228 g/mol. The van der Waals surface area contributed by atoms with E-state index in [0.717, 1.165) is 25.9 Å². The number of nitrogens with zero attached hydrogens (tertiary/aromatic N) is 3. The highest BCUT2D eigenvalue weighted by Gasteiger charge is 2.25. The molecule has 2 heterocycles. The van der Waals surface area contributed by atoms with Gasteiger partial charge in [-0.2, -0.15) is 0 Å². The third kappa shape index (κ3) is 3.32. The van der Waals surface area contributed by atoms with Gasteiger partial charge in [-0.3, -0.25) is 4.79 Å². The molecule has 2 unspecified atom stereocenters. The van der Waals surface area contributed by atoms with E-state index in [9.17, 15) is 4.79 Å². The smallest absolute Gasteiger partial charge is 0.224 e. The quantitative estimate of drug-likeness (QED) is 0.862. The van der Waals surface area contributed by atoms with Crippen LogP contribution in [0, 0.1) is 5.92 Å². The average molecular weight is 250 g/mol. The summed E-state index contributed by atoms with van der Waals surface area (Å²) in [6.07, 6.45) is 8.12. The second-order valence-corrected chi connectivity index (χ2v) is 5.15. The molecule has 100 valence electrons. The molecule has 0 aliphatic carbocycles. The Balaban J connectivity index is 1.81. The number of aromatic nitrogens is 2. The van der Waals surface area contributed by atoms with Gasteiger partial charge in [-0.25, -0.2) is 4.98 Å². The zero-order valence-corrected chi connectivity index (χ0v) is 11.0. The fraction of sp³-hybridized carbons (Fsp3) is 0.692. The molecule has 1 aromatic rings. The zero-order chi connectivity index (χ0) is 13.0. The second-order valence-electron chi connectivity index (χ2n) is 5.15. The molecule has 1 aliphatic rings. The third-order valence-corrected chi connectivity index (χ3v) is 3.70. The summed E-state index contributed by atoms with van der Waals surface area (Å²) in [6.45, 7) is 4.44. The van der Waals surface area contributed by atoms with E-state index in [1.807, 2.05) is 22.6 Å². The van der Waals surface area contributed by atoms with E-state index in [4.69, 9.17) is 5.73 Å². The van der Waals surface area contributed by atoms with Crippen molar-refractivity contribution in [3.63, 3.8) is 0 Å². The van der Waals surface area contributed by atoms with Crippen LogP contribution in [0.5, 0.6) is 0 Å². The van der Waals surface area contributed by atoms with Crippen LogP contribution in [0.25, 0.3) is 0 Å². The average Bonchev–Trinajstić information content (AvgIpc) is 2.89. The predicted molar refractivity (Wildman–Crippen MR) is 69.8 cm³/mol. The summed E-state index contributed by atoms with van der Waals surface area (Å²) in [6, 6.07) is 0.175. The van der Waals surface area contributed by atoms with E-state index in [2.05, 4.69) is 4.98 Å². The Morgan fingerprint density at radius 2 is 2.44 bits per heavy atom. The van der Waals surface area contributed by atoms with Crippen LogP contribution in [-0.4, -0.2) is 39.5 Å². The minimum absolute atomic E-state index is 0.175. The topological polar surface area (TPSA) is 64.2 Å². The highest BCUT2D eigenvalue weighted by Crippen LogP contribution is 2.19. The minimum Gasteiger partial charge on any atom is -0.342 e. The molecule has 0 spiro atoms. The van der Waals surface area contributed by atoms with Crippen LogP contribution in [0.2, 0.25) is 0 Å². The number of rotatable bonds is 4. The highest BCUT2D eigenvalue weighted by atomic mass is 16.2. The summed E-state index contributed by atoms with van der Waals surface area (Å²) in [5.74, 6) is 0.685. The summed E-state index contributed by atoms with van der Waals surface area (Å²) in [4.78, 5) is 18.0. The maximum atomic E-state index is 12.1. The van der Waals surface area contributed by atoms with Gasteiger partial charge in [0.25, 0.3) is 0 Å². The predicted octanol–water partition coefficient (Wildman–Crippen LogP) is 0.859. The summed E-state index contributed by atoms with van der Waals surface area (Å²) in [5.41, 5.74) is 5.93. The van der Waals surface area contributed by atoms with Gasteiger partial charge >= 0.3 is 0 Å². The molecule has 18 heavy (non-hydrogen) atoms. The summed E-state index contributed by atoms with van der Waals surface area (Å²) < 4.78 is 1.94. The third-order valence-electron chi connectivity index (χ3n) is 3.70. The number of nitrogens with two attached hydrogens (primary N) is 1. The second kappa shape index (κ2) is 6.00. The molecule has 0 bridgehead atoms. The number of hydrogen-bond donors (Lipinski definition) is 1. The van der Waals surface area contributed by atoms with E-state index >= 15 is 0 Å². The highest BCUT2D eigenvalue weighted by molar-refractivity contribution is 5.76. The van der Waals surface area contributed by atoms with Gasteiger partial charge in [0, 0.05) is 44.5 Å². The van der Waals surface area contributed by atoms with Crippen LogP contribution in [0.4, 0.5) is 0 Å². The molecule has 5 nitrogen and oxygen atoms in total. The molecule has 1 saturated heterocycles. The first kappa shape index (κ1) is 13.1. The van der Waals surface area contributed by atoms with Crippen molar-refractivity contribution in [2.24, 2.45) is 11.7 Å². The summed E-state index contributed by atoms with van der Waals surface area (Å²) in [5, 5.41) is 0. The fourth-order valence-corrected chi connectivity index (χ4v) is 2.47. The maximum Gasteiger partial charge on any atom is 0.224 e. The van der Waals surface area contributed by atoms with Crippen molar-refractivity contribution >= 4 is 5.91 Å². The lowest BCUT2D eigenvalue weighted by molar-refractivity contribution is -0.133. The van der Waals surface area contributed by atoms with Gasteiger partial charge in [0.1, 0.15) is 0 Å². The monoisotopic (exact) mass is 250 g/mol. The van der Waals surface area contributed by atoms with E-state index < -0.39 is 0 Å². The van der Waals surface area contributed by atoms with Crippen LogP contribution in [0.1, 0.15) is 26.2 Å². The fourth-order valence-electron chi connectivity index (χ4n) is 2.47. The van der Waals surface area contributed by atoms with E-state index in [1.54, 1.807) is 12.5 Å². The molecule has 5 heteroatoms. The lowest BCUT2D eigenvalue weighted by Gasteiger charge is -2.34. The van der Waals surface area contributed by atoms with Crippen molar-refractivity contribution in [1.29, 1.82) is 0 Å². The first-order chi connectivity index (χ1) is 8.66. The minimum atomic E-state index is 0.175. The van der Waals surface area contributed by atoms with Crippen LogP contribution >= 0.6 is 0 Å². The Hall–Kier alpha value is -1.36. The molecule has 1 aliphatic heterocycles. The van der Waals surface area contributed by atoms with Gasteiger partial charge in [0.05, 0.1) is 6.33 Å².